The van der Waals surface area contributed by atoms with Gasteiger partial charge < -0.3 is 15.0 Å². The smallest absolute Gasteiger partial charge is 0.198 e. The Morgan fingerprint density at radius 1 is 1.15 bits per heavy atom. The van der Waals surface area contributed by atoms with Crippen LogP contribution in [-0.4, -0.2) is 32.2 Å². The Kier molecular flexibility index (Phi) is 5.21. The van der Waals surface area contributed by atoms with Crippen LogP contribution in [0.4, 0.5) is 5.69 Å². The molecule has 0 radical (unpaired) electrons. The predicted molar refractivity (Wildman–Crippen MR) is 107 cm³/mol. The van der Waals surface area contributed by atoms with Gasteiger partial charge in [-0.3, -0.25) is 4.99 Å². The standard InChI is InChI=1S/C22H27N3O/c1-2-23-22(25-14-12-17-8-6-7-11-20(17)25)24-16-19-13-15-26-21(19)18-9-4-3-5-10-18/h3-11,19,21H,2,12-16H2,1H3,(H,23,24). The Morgan fingerprint density at radius 2 is 1.96 bits per heavy atom. The fourth-order valence-electron chi connectivity index (χ4n) is 3.99. The SMILES string of the molecule is CCNC(=NCC1CCOC1c1ccccc1)N1CCc2ccccc21. The van der Waals surface area contributed by atoms with E-state index in [9.17, 15) is 0 Å². The average Bonchev–Trinajstić information content (AvgIpc) is 3.33. The summed E-state index contributed by atoms with van der Waals surface area (Å²) < 4.78 is 6.02. The van der Waals surface area contributed by atoms with E-state index in [1.165, 1.54) is 16.8 Å². The summed E-state index contributed by atoms with van der Waals surface area (Å²) in [6, 6.07) is 19.2. The van der Waals surface area contributed by atoms with Crippen LogP contribution < -0.4 is 10.2 Å². The topological polar surface area (TPSA) is 36.9 Å². The van der Waals surface area contributed by atoms with Crippen molar-refractivity contribution < 1.29 is 4.74 Å². The molecule has 0 saturated carbocycles. The molecule has 0 aliphatic carbocycles. The molecule has 26 heavy (non-hydrogen) atoms. The van der Waals surface area contributed by atoms with Gasteiger partial charge in [-0.05, 0) is 37.0 Å². The minimum Gasteiger partial charge on any atom is -0.373 e. The number of nitrogens with one attached hydrogen (secondary N) is 1. The molecule has 2 aromatic carbocycles. The van der Waals surface area contributed by atoms with Crippen LogP contribution in [0, 0.1) is 5.92 Å². The van der Waals surface area contributed by atoms with Crippen molar-refractivity contribution in [2.75, 3.05) is 31.1 Å². The molecule has 4 nitrogen and oxygen atoms in total. The Bertz CT molecular complexity index is 759. The average molecular weight is 349 g/mol. The predicted octanol–water partition coefficient (Wildman–Crippen LogP) is 3.79. The van der Waals surface area contributed by atoms with Crippen LogP contribution in [0.25, 0.3) is 0 Å². The van der Waals surface area contributed by atoms with E-state index >= 15 is 0 Å². The van der Waals surface area contributed by atoms with Gasteiger partial charge >= 0.3 is 0 Å². The van der Waals surface area contributed by atoms with Crippen LogP contribution in [0.15, 0.2) is 59.6 Å². The number of hydrogen-bond donors (Lipinski definition) is 1. The molecule has 0 aromatic heterocycles. The fourth-order valence-corrected chi connectivity index (χ4v) is 3.99. The van der Waals surface area contributed by atoms with E-state index in [0.29, 0.717) is 5.92 Å². The summed E-state index contributed by atoms with van der Waals surface area (Å²) in [5.74, 6) is 1.43. The second kappa shape index (κ2) is 7.92. The lowest BCUT2D eigenvalue weighted by atomic mass is 9.95. The molecule has 136 valence electrons. The molecule has 2 aliphatic heterocycles. The minimum atomic E-state index is 0.161. The molecule has 2 aromatic rings. The van der Waals surface area contributed by atoms with Gasteiger partial charge in [0, 0.05) is 37.8 Å². The van der Waals surface area contributed by atoms with Crippen molar-refractivity contribution in [1.29, 1.82) is 0 Å². The van der Waals surface area contributed by atoms with Gasteiger partial charge in [0.05, 0.1) is 6.10 Å². The van der Waals surface area contributed by atoms with Crippen LogP contribution in [-0.2, 0) is 11.2 Å². The molecule has 4 rings (SSSR count). The monoisotopic (exact) mass is 349 g/mol. The first-order valence-corrected chi connectivity index (χ1v) is 9.67. The third kappa shape index (κ3) is 3.47. The maximum absolute atomic E-state index is 6.02. The van der Waals surface area contributed by atoms with Crippen LogP contribution in [0.5, 0.6) is 0 Å². The van der Waals surface area contributed by atoms with Crippen LogP contribution >= 0.6 is 0 Å². The van der Waals surface area contributed by atoms with E-state index < -0.39 is 0 Å². The van der Waals surface area contributed by atoms with E-state index in [0.717, 1.165) is 45.0 Å². The van der Waals surface area contributed by atoms with Gasteiger partial charge in [0.1, 0.15) is 0 Å². The van der Waals surface area contributed by atoms with E-state index in [2.05, 4.69) is 71.7 Å². The van der Waals surface area contributed by atoms with Crippen molar-refractivity contribution >= 4 is 11.6 Å². The second-order valence-electron chi connectivity index (χ2n) is 6.98. The van der Waals surface area contributed by atoms with Crippen molar-refractivity contribution in [1.82, 2.24) is 5.32 Å². The molecule has 4 heteroatoms. The first kappa shape index (κ1) is 17.1. The zero-order valence-electron chi connectivity index (χ0n) is 15.4. The van der Waals surface area contributed by atoms with E-state index in [1.807, 2.05) is 0 Å². The molecule has 0 spiro atoms. The molecule has 1 N–H and O–H groups in total. The fraction of sp³-hybridized carbons (Fsp3) is 0.409. The highest BCUT2D eigenvalue weighted by Gasteiger charge is 2.30. The van der Waals surface area contributed by atoms with Crippen molar-refractivity contribution in [3.8, 4) is 0 Å². The number of aliphatic imine (C=N–C) groups is 1. The third-order valence-corrected chi connectivity index (χ3v) is 5.30. The lowest BCUT2D eigenvalue weighted by molar-refractivity contribution is 0.0925. The molecule has 2 unspecified atom stereocenters. The molecule has 2 aliphatic rings. The van der Waals surface area contributed by atoms with Gasteiger partial charge in [-0.1, -0.05) is 48.5 Å². The van der Waals surface area contributed by atoms with Gasteiger partial charge in [0.25, 0.3) is 0 Å². The molecular formula is C22H27N3O. The number of anilines is 1. The number of benzene rings is 2. The summed E-state index contributed by atoms with van der Waals surface area (Å²) in [6.45, 7) is 5.61. The molecule has 1 fully saturated rings. The number of ether oxygens (including phenoxy) is 1. The summed E-state index contributed by atoms with van der Waals surface area (Å²) in [4.78, 5) is 7.33. The zero-order valence-corrected chi connectivity index (χ0v) is 15.4. The Labute approximate surface area is 155 Å². The molecule has 2 heterocycles. The number of rotatable bonds is 4. The zero-order chi connectivity index (χ0) is 17.8. The highest BCUT2D eigenvalue weighted by atomic mass is 16.5. The van der Waals surface area contributed by atoms with Crippen LogP contribution in [0.3, 0.4) is 0 Å². The van der Waals surface area contributed by atoms with Gasteiger partial charge in [-0.2, -0.15) is 0 Å². The minimum absolute atomic E-state index is 0.161. The Hall–Kier alpha value is -2.33. The van der Waals surface area contributed by atoms with Crippen LogP contribution in [0.1, 0.15) is 30.6 Å². The van der Waals surface area contributed by atoms with Crippen molar-refractivity contribution in [3.05, 3.63) is 65.7 Å². The number of fused-ring (bicyclic) bond motifs is 1. The normalized spacial score (nSPS) is 22.5. The van der Waals surface area contributed by atoms with Gasteiger partial charge in [-0.25, -0.2) is 0 Å². The largest absolute Gasteiger partial charge is 0.373 e. The first-order chi connectivity index (χ1) is 12.9. The molecule has 2 atom stereocenters. The lowest BCUT2D eigenvalue weighted by Crippen LogP contribution is -2.41. The number of para-hydroxylation sites is 1. The third-order valence-electron chi connectivity index (χ3n) is 5.30. The van der Waals surface area contributed by atoms with E-state index in [1.54, 1.807) is 0 Å². The van der Waals surface area contributed by atoms with Gasteiger partial charge in [-0.15, -0.1) is 0 Å². The lowest BCUT2D eigenvalue weighted by Gasteiger charge is -2.23. The number of nitrogens with zero attached hydrogens (tertiary/aromatic N) is 2. The number of hydrogen-bond acceptors (Lipinski definition) is 2. The van der Waals surface area contributed by atoms with E-state index in [-0.39, 0.29) is 6.10 Å². The van der Waals surface area contributed by atoms with Gasteiger partial charge in [0.2, 0.25) is 0 Å². The first-order valence-electron chi connectivity index (χ1n) is 9.67. The summed E-state index contributed by atoms with van der Waals surface area (Å²) in [5.41, 5.74) is 3.96. The summed E-state index contributed by atoms with van der Waals surface area (Å²) >= 11 is 0. The quantitative estimate of drug-likeness (QED) is 0.674. The molecule has 0 amide bonds. The molecular weight excluding hydrogens is 322 g/mol. The molecule has 1 saturated heterocycles. The Morgan fingerprint density at radius 3 is 2.81 bits per heavy atom. The highest BCUT2D eigenvalue weighted by molar-refractivity contribution is 5.97. The Balaban J connectivity index is 1.52. The number of guanidine groups is 1. The van der Waals surface area contributed by atoms with Crippen molar-refractivity contribution in [2.45, 2.75) is 25.9 Å². The van der Waals surface area contributed by atoms with Gasteiger partial charge in [0.15, 0.2) is 5.96 Å². The van der Waals surface area contributed by atoms with Crippen LogP contribution in [0.2, 0.25) is 0 Å². The second-order valence-corrected chi connectivity index (χ2v) is 6.98. The summed E-state index contributed by atoms with van der Waals surface area (Å²) in [7, 11) is 0. The van der Waals surface area contributed by atoms with Crippen molar-refractivity contribution in [3.63, 3.8) is 0 Å². The summed E-state index contributed by atoms with van der Waals surface area (Å²) in [5, 5.41) is 3.48. The summed E-state index contributed by atoms with van der Waals surface area (Å²) in [6.07, 6.45) is 2.31. The highest BCUT2D eigenvalue weighted by Crippen LogP contribution is 2.35. The molecule has 0 bridgehead atoms. The van der Waals surface area contributed by atoms with Crippen molar-refractivity contribution in [2.24, 2.45) is 10.9 Å². The maximum Gasteiger partial charge on any atom is 0.198 e. The maximum atomic E-state index is 6.02. The van der Waals surface area contributed by atoms with E-state index in [4.69, 9.17) is 9.73 Å².